The maximum absolute atomic E-state index is 12.6. The second-order valence-electron chi connectivity index (χ2n) is 4.97. The Kier molecular flexibility index (Phi) is 4.55. The number of anilines is 1. The molecule has 0 unspecified atom stereocenters. The third-order valence-corrected chi connectivity index (χ3v) is 4.96. The third-order valence-electron chi connectivity index (χ3n) is 3.44. The first-order valence-corrected chi connectivity index (χ1v) is 8.19. The van der Waals surface area contributed by atoms with Crippen molar-refractivity contribution in [2.75, 3.05) is 4.90 Å². The van der Waals surface area contributed by atoms with Crippen LogP contribution in [0.15, 0.2) is 47.6 Å². The summed E-state index contributed by atoms with van der Waals surface area (Å²) in [5.41, 5.74) is 0.206. The molecule has 0 radical (unpaired) electrons. The number of hydrogen-bond donors (Lipinski definition) is 0. The molecule has 1 aliphatic heterocycles. The minimum Gasteiger partial charge on any atom is -0.545 e. The summed E-state index contributed by atoms with van der Waals surface area (Å²) in [6.07, 6.45) is 1.36. The summed E-state index contributed by atoms with van der Waals surface area (Å²) < 4.78 is 0. The number of para-hydroxylation sites is 1. The third kappa shape index (κ3) is 3.00. The Labute approximate surface area is 146 Å². The maximum atomic E-state index is 12.6. The number of carboxylic acid groups (broad SMARTS) is 1. The number of aromatic nitrogens is 1. The molecule has 0 spiro atoms. The van der Waals surface area contributed by atoms with Crippen LogP contribution >= 0.6 is 23.4 Å². The highest BCUT2D eigenvalue weighted by atomic mass is 35.5. The second-order valence-corrected chi connectivity index (χ2v) is 6.57. The molecule has 1 aliphatic rings. The average Bonchev–Trinajstić information content (AvgIpc) is 2.82. The van der Waals surface area contributed by atoms with Gasteiger partial charge in [-0.05, 0) is 24.3 Å². The van der Waals surface area contributed by atoms with Gasteiger partial charge in [0.2, 0.25) is 11.8 Å². The van der Waals surface area contributed by atoms with E-state index in [1.165, 1.54) is 18.3 Å². The molecule has 2 aromatic rings. The van der Waals surface area contributed by atoms with Gasteiger partial charge in [-0.15, -0.1) is 0 Å². The van der Waals surface area contributed by atoms with Crippen molar-refractivity contribution in [1.82, 2.24) is 4.98 Å². The Morgan fingerprint density at radius 3 is 2.71 bits per heavy atom. The molecule has 0 bridgehead atoms. The lowest BCUT2D eigenvalue weighted by molar-refractivity contribution is -0.255. The Bertz CT molecular complexity index is 842. The first kappa shape index (κ1) is 16.5. The number of aromatic carboxylic acids is 1. The van der Waals surface area contributed by atoms with Crippen molar-refractivity contribution in [3.8, 4) is 0 Å². The highest BCUT2D eigenvalue weighted by Gasteiger charge is 2.41. The van der Waals surface area contributed by atoms with E-state index < -0.39 is 23.0 Å². The molecule has 1 aromatic carbocycles. The SMILES string of the molecule is O=C([O-])c1cccnc1S[C@H]1CC(=O)N(c2ccccc2Cl)C1=O. The molecule has 3 rings (SSSR count). The normalized spacial score (nSPS) is 17.4. The zero-order valence-electron chi connectivity index (χ0n) is 12.1. The van der Waals surface area contributed by atoms with Gasteiger partial charge >= 0.3 is 0 Å². The number of imide groups is 1. The maximum Gasteiger partial charge on any atom is 0.247 e. The Hall–Kier alpha value is -2.38. The number of carbonyl (C=O) groups excluding carboxylic acids is 3. The molecule has 1 atom stereocenters. The molecule has 8 heteroatoms. The van der Waals surface area contributed by atoms with Crippen LogP contribution in [-0.4, -0.2) is 28.0 Å². The Morgan fingerprint density at radius 2 is 2.00 bits per heavy atom. The van der Waals surface area contributed by atoms with E-state index in [0.29, 0.717) is 5.69 Å². The van der Waals surface area contributed by atoms with Crippen molar-refractivity contribution in [3.63, 3.8) is 0 Å². The van der Waals surface area contributed by atoms with Crippen molar-refractivity contribution < 1.29 is 19.5 Å². The van der Waals surface area contributed by atoms with Crippen molar-refractivity contribution in [3.05, 3.63) is 53.2 Å². The lowest BCUT2D eigenvalue weighted by Crippen LogP contribution is -2.31. The van der Waals surface area contributed by atoms with Crippen LogP contribution in [0.4, 0.5) is 5.69 Å². The molecule has 1 saturated heterocycles. The molecule has 1 aromatic heterocycles. The predicted molar refractivity (Wildman–Crippen MR) is 86.8 cm³/mol. The fraction of sp³-hybridized carbons (Fsp3) is 0.125. The van der Waals surface area contributed by atoms with Gasteiger partial charge < -0.3 is 9.90 Å². The van der Waals surface area contributed by atoms with Crippen LogP contribution in [0.1, 0.15) is 16.8 Å². The van der Waals surface area contributed by atoms with Gasteiger partial charge in [-0.2, -0.15) is 0 Å². The van der Waals surface area contributed by atoms with Gasteiger partial charge in [-0.3, -0.25) is 9.59 Å². The molecule has 2 amide bonds. The largest absolute Gasteiger partial charge is 0.545 e. The number of nitrogens with zero attached hydrogens (tertiary/aromatic N) is 2. The minimum atomic E-state index is -1.38. The number of thioether (sulfide) groups is 1. The summed E-state index contributed by atoms with van der Waals surface area (Å²) >= 11 is 6.99. The first-order chi connectivity index (χ1) is 11.5. The topological polar surface area (TPSA) is 90.4 Å². The van der Waals surface area contributed by atoms with Gasteiger partial charge in [0.25, 0.3) is 0 Å². The van der Waals surface area contributed by atoms with Crippen LogP contribution < -0.4 is 10.0 Å². The van der Waals surface area contributed by atoms with E-state index in [1.54, 1.807) is 24.3 Å². The molecule has 0 saturated carbocycles. The van der Waals surface area contributed by atoms with E-state index in [9.17, 15) is 19.5 Å². The van der Waals surface area contributed by atoms with Crippen LogP contribution in [0.25, 0.3) is 0 Å². The quantitative estimate of drug-likeness (QED) is 0.767. The van der Waals surface area contributed by atoms with E-state index in [0.717, 1.165) is 16.7 Å². The van der Waals surface area contributed by atoms with Crippen LogP contribution in [0.2, 0.25) is 5.02 Å². The second kappa shape index (κ2) is 6.62. The highest BCUT2D eigenvalue weighted by Crippen LogP contribution is 2.36. The minimum absolute atomic E-state index is 0.0578. The van der Waals surface area contributed by atoms with Crippen LogP contribution in [0, 0.1) is 0 Å². The highest BCUT2D eigenvalue weighted by molar-refractivity contribution is 8.00. The van der Waals surface area contributed by atoms with Crippen LogP contribution in [0.5, 0.6) is 0 Å². The number of hydrogen-bond acceptors (Lipinski definition) is 6. The summed E-state index contributed by atoms with van der Waals surface area (Å²) in [5.74, 6) is -2.23. The zero-order chi connectivity index (χ0) is 17.3. The van der Waals surface area contributed by atoms with E-state index in [2.05, 4.69) is 4.98 Å². The fourth-order valence-corrected chi connectivity index (χ4v) is 3.68. The molecular weight excluding hydrogens is 352 g/mol. The number of pyridine rings is 1. The number of halogens is 1. The van der Waals surface area contributed by atoms with E-state index in [4.69, 9.17) is 11.6 Å². The number of rotatable bonds is 4. The molecule has 122 valence electrons. The Balaban J connectivity index is 1.88. The lowest BCUT2D eigenvalue weighted by atomic mass is 10.3. The predicted octanol–water partition coefficient (Wildman–Crippen LogP) is 1.52. The smallest absolute Gasteiger partial charge is 0.247 e. The molecular formula is C16H10ClN2O4S-. The van der Waals surface area contributed by atoms with Gasteiger partial charge in [-0.1, -0.05) is 35.5 Å². The first-order valence-electron chi connectivity index (χ1n) is 6.93. The van der Waals surface area contributed by atoms with Gasteiger partial charge in [0.05, 0.1) is 21.9 Å². The molecule has 24 heavy (non-hydrogen) atoms. The number of amides is 2. The van der Waals surface area contributed by atoms with Gasteiger partial charge in [-0.25, -0.2) is 9.88 Å². The van der Waals surface area contributed by atoms with Crippen LogP contribution in [-0.2, 0) is 9.59 Å². The summed E-state index contributed by atoms with van der Waals surface area (Å²) in [4.78, 5) is 41.0. The summed E-state index contributed by atoms with van der Waals surface area (Å²) in [5, 5.41) is 10.8. The van der Waals surface area contributed by atoms with E-state index >= 15 is 0 Å². The lowest BCUT2D eigenvalue weighted by Gasteiger charge is -2.16. The van der Waals surface area contributed by atoms with Gasteiger partial charge in [0.1, 0.15) is 5.03 Å². The standard InChI is InChI=1S/C16H11ClN2O4S/c17-10-5-1-2-6-11(10)19-13(20)8-12(15(19)21)24-14-9(16(22)23)4-3-7-18-14/h1-7,12H,8H2,(H,22,23)/p-1/t12-/m0/s1. The van der Waals surface area contributed by atoms with Crippen molar-refractivity contribution >= 4 is 46.8 Å². The molecule has 6 nitrogen and oxygen atoms in total. The van der Waals surface area contributed by atoms with Crippen molar-refractivity contribution in [2.45, 2.75) is 16.7 Å². The summed E-state index contributed by atoms with van der Waals surface area (Å²) in [6.45, 7) is 0. The molecule has 1 fully saturated rings. The van der Waals surface area contributed by atoms with Crippen molar-refractivity contribution in [2.24, 2.45) is 0 Å². The summed E-state index contributed by atoms with van der Waals surface area (Å²) in [6, 6.07) is 9.35. The van der Waals surface area contributed by atoms with Gasteiger partial charge in [0.15, 0.2) is 0 Å². The van der Waals surface area contributed by atoms with Crippen LogP contribution in [0.3, 0.4) is 0 Å². The number of carboxylic acids is 1. The monoisotopic (exact) mass is 361 g/mol. The van der Waals surface area contributed by atoms with Crippen molar-refractivity contribution in [1.29, 1.82) is 0 Å². The molecule has 0 aliphatic carbocycles. The number of carbonyl (C=O) groups is 3. The molecule has 2 heterocycles. The fourth-order valence-electron chi connectivity index (χ4n) is 2.36. The average molecular weight is 362 g/mol. The van der Waals surface area contributed by atoms with E-state index in [1.807, 2.05) is 0 Å². The summed E-state index contributed by atoms with van der Waals surface area (Å²) in [7, 11) is 0. The Morgan fingerprint density at radius 1 is 1.25 bits per heavy atom. The number of benzene rings is 1. The zero-order valence-corrected chi connectivity index (χ0v) is 13.7. The van der Waals surface area contributed by atoms with E-state index in [-0.39, 0.29) is 22.0 Å². The van der Waals surface area contributed by atoms with Gasteiger partial charge in [0, 0.05) is 18.2 Å². The molecule has 0 N–H and O–H groups in total.